The second-order valence-corrected chi connectivity index (χ2v) is 8.15. The summed E-state index contributed by atoms with van der Waals surface area (Å²) >= 11 is 0. The molecule has 2 aromatic rings. The molecule has 2 rings (SSSR count). The smallest absolute Gasteiger partial charge is 0.343 e. The second-order valence-electron chi connectivity index (χ2n) is 8.15. The van der Waals surface area contributed by atoms with Crippen LogP contribution in [0.15, 0.2) is 47.6 Å². The molecule has 7 nitrogen and oxygen atoms in total. The zero-order chi connectivity index (χ0) is 25.3. The number of hydrogen-bond donors (Lipinski definition) is 1. The van der Waals surface area contributed by atoms with Crippen LogP contribution in [0.1, 0.15) is 88.1 Å². The van der Waals surface area contributed by atoms with Crippen LogP contribution in [0.4, 0.5) is 0 Å². The third kappa shape index (κ3) is 10.6. The molecule has 1 N–H and O–H groups in total. The number of hydrazone groups is 1. The van der Waals surface area contributed by atoms with Crippen molar-refractivity contribution < 1.29 is 23.8 Å². The number of carbonyl (C=O) groups is 2. The highest BCUT2D eigenvalue weighted by atomic mass is 16.6. The summed E-state index contributed by atoms with van der Waals surface area (Å²) in [5, 5.41) is 4.04. The number of amides is 1. The van der Waals surface area contributed by atoms with Gasteiger partial charge in [-0.25, -0.2) is 10.2 Å². The first-order chi connectivity index (χ1) is 17.1. The molecule has 0 heterocycles. The van der Waals surface area contributed by atoms with E-state index in [4.69, 9.17) is 14.2 Å². The molecular formula is C28H38N2O5. The summed E-state index contributed by atoms with van der Waals surface area (Å²) in [6.07, 6.45) is 10.2. The maximum atomic E-state index is 12.6. The number of carbonyl (C=O) groups excluding carboxylic acids is 2. The van der Waals surface area contributed by atoms with Crippen molar-refractivity contribution in [2.24, 2.45) is 5.10 Å². The molecule has 0 unspecified atom stereocenters. The first-order valence-corrected chi connectivity index (χ1v) is 12.6. The Morgan fingerprint density at radius 1 is 0.829 bits per heavy atom. The summed E-state index contributed by atoms with van der Waals surface area (Å²) in [7, 11) is 0. The fraction of sp³-hybridized carbons (Fsp3) is 0.464. The largest absolute Gasteiger partial charge is 0.494 e. The van der Waals surface area contributed by atoms with Gasteiger partial charge in [-0.3, -0.25) is 4.79 Å². The molecule has 0 atom stereocenters. The quantitative estimate of drug-likeness (QED) is 0.0998. The molecule has 0 aliphatic carbocycles. The van der Waals surface area contributed by atoms with Crippen LogP contribution in [0.5, 0.6) is 17.2 Å². The molecule has 0 aliphatic rings. The number of benzene rings is 2. The third-order valence-corrected chi connectivity index (χ3v) is 5.28. The molecule has 190 valence electrons. The van der Waals surface area contributed by atoms with E-state index in [2.05, 4.69) is 17.5 Å². The minimum absolute atomic E-state index is 0.0965. The first kappa shape index (κ1) is 27.9. The van der Waals surface area contributed by atoms with E-state index in [1.807, 2.05) is 13.8 Å². The monoisotopic (exact) mass is 482 g/mol. The van der Waals surface area contributed by atoms with Gasteiger partial charge in [-0.2, -0.15) is 5.10 Å². The van der Waals surface area contributed by atoms with Crippen LogP contribution in [0, 0.1) is 0 Å². The summed E-state index contributed by atoms with van der Waals surface area (Å²) in [6.45, 7) is 6.92. The van der Waals surface area contributed by atoms with Crippen LogP contribution in [-0.4, -0.2) is 31.3 Å². The van der Waals surface area contributed by atoms with Crippen LogP contribution < -0.4 is 19.6 Å². The van der Waals surface area contributed by atoms with Crippen molar-refractivity contribution in [2.45, 2.75) is 72.1 Å². The highest BCUT2D eigenvalue weighted by Crippen LogP contribution is 2.29. The van der Waals surface area contributed by atoms with E-state index < -0.39 is 5.97 Å². The summed E-state index contributed by atoms with van der Waals surface area (Å²) in [5.74, 6) is 0.835. The van der Waals surface area contributed by atoms with Gasteiger partial charge >= 0.3 is 5.97 Å². The molecule has 0 fully saturated rings. The molecule has 0 spiro atoms. The van der Waals surface area contributed by atoms with Gasteiger partial charge in [0, 0.05) is 6.42 Å². The van der Waals surface area contributed by atoms with Crippen LogP contribution in [0.2, 0.25) is 0 Å². The SMILES string of the molecule is CCCCCCCCCC(=O)NN=Cc1ccc(OC(=O)c2ccc(OCC)cc2)c(OCC)c1. The summed E-state index contributed by atoms with van der Waals surface area (Å²) in [4.78, 5) is 24.5. The molecule has 0 saturated carbocycles. The van der Waals surface area contributed by atoms with E-state index in [0.29, 0.717) is 48.0 Å². The van der Waals surface area contributed by atoms with E-state index in [9.17, 15) is 9.59 Å². The topological polar surface area (TPSA) is 86.2 Å². The van der Waals surface area contributed by atoms with Crippen LogP contribution >= 0.6 is 0 Å². The van der Waals surface area contributed by atoms with Gasteiger partial charge in [0.2, 0.25) is 5.91 Å². The zero-order valence-electron chi connectivity index (χ0n) is 21.2. The Balaban J connectivity index is 1.87. The number of rotatable bonds is 16. The fourth-order valence-electron chi connectivity index (χ4n) is 3.45. The molecule has 2 aromatic carbocycles. The van der Waals surface area contributed by atoms with Crippen molar-refractivity contribution in [3.63, 3.8) is 0 Å². The standard InChI is InChI=1S/C28H38N2O5/c1-4-7-8-9-10-11-12-13-27(31)30-29-21-22-14-19-25(26(20-22)34-6-3)35-28(32)23-15-17-24(18-16-23)33-5-2/h14-21H,4-13H2,1-3H3,(H,30,31). The normalized spacial score (nSPS) is 10.8. The molecule has 0 saturated heterocycles. The predicted octanol–water partition coefficient (Wildman–Crippen LogP) is 6.29. The molecule has 35 heavy (non-hydrogen) atoms. The molecule has 0 aliphatic heterocycles. The van der Waals surface area contributed by atoms with E-state index in [1.54, 1.807) is 48.7 Å². The van der Waals surface area contributed by atoms with E-state index in [0.717, 1.165) is 12.8 Å². The second kappa shape index (κ2) is 16.3. The van der Waals surface area contributed by atoms with Gasteiger partial charge in [-0.15, -0.1) is 0 Å². The number of nitrogens with one attached hydrogen (secondary N) is 1. The van der Waals surface area contributed by atoms with Gasteiger partial charge in [-0.1, -0.05) is 45.4 Å². The van der Waals surface area contributed by atoms with Gasteiger partial charge in [0.1, 0.15) is 5.75 Å². The lowest BCUT2D eigenvalue weighted by Gasteiger charge is -2.11. The lowest BCUT2D eigenvalue weighted by atomic mass is 10.1. The van der Waals surface area contributed by atoms with E-state index in [-0.39, 0.29) is 5.91 Å². The van der Waals surface area contributed by atoms with Crippen LogP contribution in [-0.2, 0) is 4.79 Å². The molecule has 0 radical (unpaired) electrons. The summed E-state index contributed by atoms with van der Waals surface area (Å²) in [6, 6.07) is 11.9. The number of ether oxygens (including phenoxy) is 3. The Morgan fingerprint density at radius 2 is 1.51 bits per heavy atom. The number of esters is 1. The van der Waals surface area contributed by atoms with Gasteiger partial charge < -0.3 is 14.2 Å². The minimum Gasteiger partial charge on any atom is -0.494 e. The maximum Gasteiger partial charge on any atom is 0.343 e. The third-order valence-electron chi connectivity index (χ3n) is 5.28. The van der Waals surface area contributed by atoms with Gasteiger partial charge in [-0.05, 0) is 68.3 Å². The summed E-state index contributed by atoms with van der Waals surface area (Å²) < 4.78 is 16.6. The number of hydrogen-bond acceptors (Lipinski definition) is 6. The Bertz CT molecular complexity index is 941. The maximum absolute atomic E-state index is 12.6. The molecular weight excluding hydrogens is 444 g/mol. The van der Waals surface area contributed by atoms with Crippen molar-refractivity contribution in [3.05, 3.63) is 53.6 Å². The zero-order valence-corrected chi connectivity index (χ0v) is 21.2. The van der Waals surface area contributed by atoms with Crippen molar-refractivity contribution >= 4 is 18.1 Å². The van der Waals surface area contributed by atoms with E-state index in [1.165, 1.54) is 32.1 Å². The Morgan fingerprint density at radius 3 is 2.20 bits per heavy atom. The Hall–Kier alpha value is -3.35. The van der Waals surface area contributed by atoms with Crippen LogP contribution in [0.25, 0.3) is 0 Å². The highest BCUT2D eigenvalue weighted by molar-refractivity contribution is 5.91. The Kier molecular flexibility index (Phi) is 13.0. The van der Waals surface area contributed by atoms with Crippen molar-refractivity contribution in [1.29, 1.82) is 0 Å². The number of unbranched alkanes of at least 4 members (excludes halogenated alkanes) is 6. The fourth-order valence-corrected chi connectivity index (χ4v) is 3.45. The lowest BCUT2D eigenvalue weighted by molar-refractivity contribution is -0.121. The number of nitrogens with zero attached hydrogens (tertiary/aromatic N) is 1. The highest BCUT2D eigenvalue weighted by Gasteiger charge is 2.13. The Labute approximate surface area is 208 Å². The first-order valence-electron chi connectivity index (χ1n) is 12.6. The van der Waals surface area contributed by atoms with Crippen molar-refractivity contribution in [1.82, 2.24) is 5.43 Å². The molecule has 7 heteroatoms. The average Bonchev–Trinajstić information content (AvgIpc) is 2.86. The molecule has 0 aromatic heterocycles. The molecule has 1 amide bonds. The van der Waals surface area contributed by atoms with Gasteiger partial charge in [0.05, 0.1) is 25.0 Å². The van der Waals surface area contributed by atoms with Crippen molar-refractivity contribution in [2.75, 3.05) is 13.2 Å². The summed E-state index contributed by atoms with van der Waals surface area (Å²) in [5.41, 5.74) is 3.69. The van der Waals surface area contributed by atoms with Crippen LogP contribution in [0.3, 0.4) is 0 Å². The predicted molar refractivity (Wildman–Crippen MR) is 139 cm³/mol. The minimum atomic E-state index is -0.493. The lowest BCUT2D eigenvalue weighted by Crippen LogP contribution is -2.16. The van der Waals surface area contributed by atoms with Gasteiger partial charge in [0.25, 0.3) is 0 Å². The average molecular weight is 483 g/mol. The van der Waals surface area contributed by atoms with E-state index >= 15 is 0 Å². The van der Waals surface area contributed by atoms with Gasteiger partial charge in [0.15, 0.2) is 11.5 Å². The van der Waals surface area contributed by atoms with Crippen molar-refractivity contribution in [3.8, 4) is 17.2 Å². The molecule has 0 bridgehead atoms.